The second-order valence-corrected chi connectivity index (χ2v) is 10.7. The average Bonchev–Trinajstić information content (AvgIpc) is 2.65. The first-order chi connectivity index (χ1) is 13.9. The first-order valence-corrected chi connectivity index (χ1v) is 11.2. The van der Waals surface area contributed by atoms with E-state index in [1.54, 1.807) is 0 Å². The Balaban J connectivity index is 0.00000480. The third-order valence-electron chi connectivity index (χ3n) is 5.59. The van der Waals surface area contributed by atoms with Crippen LogP contribution < -0.4 is 17.1 Å². The maximum atomic E-state index is 6.52. The minimum absolute atomic E-state index is 0. The Morgan fingerprint density at radius 1 is 0.871 bits per heavy atom. The van der Waals surface area contributed by atoms with Gasteiger partial charge in [0.25, 0.3) is 6.23 Å². The number of hydrogen-bond acceptors (Lipinski definition) is 2. The van der Waals surface area contributed by atoms with E-state index in [1.165, 1.54) is 11.1 Å². The van der Waals surface area contributed by atoms with Gasteiger partial charge in [0.15, 0.2) is 0 Å². The monoisotopic (exact) mass is 447 g/mol. The number of rotatable bonds is 10. The van der Waals surface area contributed by atoms with Crippen LogP contribution in [0.15, 0.2) is 54.6 Å². The Morgan fingerprint density at radius 2 is 1.45 bits per heavy atom. The molecule has 2 rings (SSSR count). The molecular weight excluding hydrogens is 406 g/mol. The Kier molecular flexibility index (Phi) is 10.1. The fourth-order valence-electron chi connectivity index (χ4n) is 4.33. The zero-order chi connectivity index (χ0) is 22.4. The highest BCUT2D eigenvalue weighted by Gasteiger charge is 2.33. The third-order valence-corrected chi connectivity index (χ3v) is 5.59. The van der Waals surface area contributed by atoms with Crippen LogP contribution in [-0.4, -0.2) is 38.3 Å². The van der Waals surface area contributed by atoms with Crippen LogP contribution >= 0.6 is 0 Å². The number of halogens is 1. The van der Waals surface area contributed by atoms with Gasteiger partial charge in [-0.15, -0.1) is 0 Å². The van der Waals surface area contributed by atoms with Crippen molar-refractivity contribution in [3.05, 3.63) is 65.7 Å². The molecular formula is C27H42ClNO2. The third kappa shape index (κ3) is 8.48. The maximum Gasteiger partial charge on any atom is 0.259 e. The van der Waals surface area contributed by atoms with Crippen molar-refractivity contribution < 1.29 is 26.4 Å². The Hall–Kier alpha value is -1.55. The lowest BCUT2D eigenvalue weighted by Gasteiger charge is -2.38. The molecule has 0 aromatic heterocycles. The molecule has 0 radical (unpaired) electrons. The molecule has 0 aliphatic carbocycles. The van der Waals surface area contributed by atoms with Gasteiger partial charge in [-0.1, -0.05) is 65.0 Å². The van der Waals surface area contributed by atoms with Gasteiger partial charge in [-0.2, -0.15) is 0 Å². The predicted molar refractivity (Wildman–Crippen MR) is 127 cm³/mol. The zero-order valence-electron chi connectivity index (χ0n) is 20.7. The van der Waals surface area contributed by atoms with Crippen LogP contribution in [0.4, 0.5) is 0 Å². The molecule has 3 nitrogen and oxygen atoms in total. The van der Waals surface area contributed by atoms with Crippen molar-refractivity contribution in [2.75, 3.05) is 33.9 Å². The summed E-state index contributed by atoms with van der Waals surface area (Å²) in [5.41, 5.74) is 2.99. The van der Waals surface area contributed by atoms with Crippen molar-refractivity contribution in [3.63, 3.8) is 0 Å². The summed E-state index contributed by atoms with van der Waals surface area (Å²) in [6.07, 6.45) is 1.03. The van der Waals surface area contributed by atoms with E-state index in [4.69, 9.17) is 9.47 Å². The van der Waals surface area contributed by atoms with Crippen LogP contribution in [0.25, 0.3) is 0 Å². The van der Waals surface area contributed by atoms with Gasteiger partial charge in [-0.3, -0.25) is 4.48 Å². The van der Waals surface area contributed by atoms with E-state index in [1.807, 2.05) is 37.3 Å². The van der Waals surface area contributed by atoms with Gasteiger partial charge >= 0.3 is 0 Å². The molecule has 2 aromatic carbocycles. The van der Waals surface area contributed by atoms with Gasteiger partial charge in [-0.25, -0.2) is 0 Å². The quantitative estimate of drug-likeness (QED) is 0.315. The molecule has 2 aromatic rings. The molecule has 4 heteroatoms. The van der Waals surface area contributed by atoms with Crippen molar-refractivity contribution >= 4 is 0 Å². The van der Waals surface area contributed by atoms with Crippen molar-refractivity contribution in [2.45, 2.75) is 59.6 Å². The fourth-order valence-corrected chi connectivity index (χ4v) is 4.33. The van der Waals surface area contributed by atoms with Gasteiger partial charge in [0.2, 0.25) is 0 Å². The fraction of sp³-hybridized carbons (Fsp3) is 0.556. The largest absolute Gasteiger partial charge is 1.00 e. The van der Waals surface area contributed by atoms with Crippen LogP contribution in [0, 0.1) is 5.41 Å². The summed E-state index contributed by atoms with van der Waals surface area (Å²) in [5, 5.41) is 0. The molecule has 0 saturated heterocycles. The Bertz CT molecular complexity index is 764. The first kappa shape index (κ1) is 27.5. The Morgan fingerprint density at radius 3 is 1.97 bits per heavy atom. The second kappa shape index (κ2) is 11.4. The molecule has 0 bridgehead atoms. The highest BCUT2D eigenvalue weighted by atomic mass is 35.5. The topological polar surface area (TPSA) is 18.5 Å². The highest BCUT2D eigenvalue weighted by Crippen LogP contribution is 2.37. The van der Waals surface area contributed by atoms with Crippen molar-refractivity contribution in [2.24, 2.45) is 5.41 Å². The molecule has 0 heterocycles. The number of quaternary nitrogens is 1. The number of nitrogens with zero attached hydrogens (tertiary/aromatic N) is 1. The van der Waals surface area contributed by atoms with E-state index >= 15 is 0 Å². The first-order valence-electron chi connectivity index (χ1n) is 11.2. The summed E-state index contributed by atoms with van der Waals surface area (Å²) in [6, 6.07) is 19.2. The van der Waals surface area contributed by atoms with E-state index < -0.39 is 0 Å². The van der Waals surface area contributed by atoms with Gasteiger partial charge in [0.05, 0.1) is 26.3 Å². The van der Waals surface area contributed by atoms with E-state index in [2.05, 4.69) is 73.0 Å². The van der Waals surface area contributed by atoms with Crippen LogP contribution in [0.5, 0.6) is 5.75 Å². The molecule has 0 aliphatic rings. The molecule has 31 heavy (non-hydrogen) atoms. The Labute approximate surface area is 196 Å². The van der Waals surface area contributed by atoms with Crippen molar-refractivity contribution in [3.8, 4) is 5.75 Å². The molecule has 1 atom stereocenters. The summed E-state index contributed by atoms with van der Waals surface area (Å²) >= 11 is 0. The van der Waals surface area contributed by atoms with Gasteiger partial charge < -0.3 is 21.9 Å². The van der Waals surface area contributed by atoms with Gasteiger partial charge in [-0.05, 0) is 54.0 Å². The van der Waals surface area contributed by atoms with Crippen LogP contribution in [-0.2, 0) is 10.2 Å². The maximum absolute atomic E-state index is 6.52. The number of hydrogen-bond donors (Lipinski definition) is 0. The molecule has 1 unspecified atom stereocenters. The normalized spacial score (nSPS) is 13.4. The minimum atomic E-state index is -0.104. The van der Waals surface area contributed by atoms with Gasteiger partial charge in [0.1, 0.15) is 12.3 Å². The molecule has 0 fully saturated rings. The summed E-state index contributed by atoms with van der Waals surface area (Å²) < 4.78 is 12.9. The molecule has 174 valence electrons. The lowest BCUT2D eigenvalue weighted by atomic mass is 9.72. The summed E-state index contributed by atoms with van der Waals surface area (Å²) in [4.78, 5) is 0. The predicted octanol–water partition coefficient (Wildman–Crippen LogP) is 3.59. The molecule has 0 saturated carbocycles. The summed E-state index contributed by atoms with van der Waals surface area (Å²) in [7, 11) is 4.42. The van der Waals surface area contributed by atoms with E-state index in [0.717, 1.165) is 31.9 Å². The standard InChI is InChI=1S/C27H42NO2.ClH/c1-9-29-20-19-28(7,8)25(30-24-13-11-10-12-14-24)22-15-17-23(18-16-22)27(5,6)21-26(2,3)4;/h10-18,25H,9,19-21H2,1-8H3;1H/q+1;/p-1. The number of para-hydroxylation sites is 1. The average molecular weight is 448 g/mol. The lowest BCUT2D eigenvalue weighted by molar-refractivity contribution is -0.940. The van der Waals surface area contributed by atoms with E-state index in [-0.39, 0.29) is 24.0 Å². The van der Waals surface area contributed by atoms with Crippen molar-refractivity contribution in [1.29, 1.82) is 0 Å². The SMILES string of the molecule is CCOCC[N+](C)(C)C(Oc1ccccc1)c1ccc(C(C)(C)CC(C)(C)C)cc1.[Cl-]. The lowest BCUT2D eigenvalue weighted by Crippen LogP contribution is -3.00. The number of benzene rings is 2. The summed E-state index contributed by atoms with van der Waals surface area (Å²) in [6.45, 7) is 16.0. The summed E-state index contributed by atoms with van der Waals surface area (Å²) in [5.74, 6) is 0.891. The molecule has 0 aliphatic heterocycles. The van der Waals surface area contributed by atoms with Crippen LogP contribution in [0.3, 0.4) is 0 Å². The smallest absolute Gasteiger partial charge is 0.259 e. The van der Waals surface area contributed by atoms with E-state index in [0.29, 0.717) is 9.90 Å². The minimum Gasteiger partial charge on any atom is -1.00 e. The van der Waals surface area contributed by atoms with Crippen LogP contribution in [0.2, 0.25) is 0 Å². The number of likely N-dealkylation sites (N-methyl/N-ethyl adjacent to an activating group) is 1. The van der Waals surface area contributed by atoms with Crippen LogP contribution in [0.1, 0.15) is 65.3 Å². The molecule has 0 spiro atoms. The molecule has 0 N–H and O–H groups in total. The number of ether oxygens (including phenoxy) is 2. The second-order valence-electron chi connectivity index (χ2n) is 10.7. The van der Waals surface area contributed by atoms with E-state index in [9.17, 15) is 0 Å². The van der Waals surface area contributed by atoms with Crippen molar-refractivity contribution in [1.82, 2.24) is 0 Å². The zero-order valence-corrected chi connectivity index (χ0v) is 21.5. The van der Waals surface area contributed by atoms with Gasteiger partial charge in [0, 0.05) is 6.61 Å². The molecule has 0 amide bonds. The highest BCUT2D eigenvalue weighted by molar-refractivity contribution is 5.30.